The highest BCUT2D eigenvalue weighted by molar-refractivity contribution is 7.13. The van der Waals surface area contributed by atoms with Crippen LogP contribution in [0.25, 0.3) is 10.4 Å². The van der Waals surface area contributed by atoms with Gasteiger partial charge in [0.15, 0.2) is 5.78 Å². The van der Waals surface area contributed by atoms with Crippen LogP contribution < -0.4 is 0 Å². The van der Waals surface area contributed by atoms with E-state index < -0.39 is 18.1 Å². The minimum atomic E-state index is -0.700. The smallest absolute Gasteiger partial charge is 0.226 e. The Morgan fingerprint density at radius 3 is 2.57 bits per heavy atom. The van der Waals surface area contributed by atoms with E-state index in [-0.39, 0.29) is 36.9 Å². The first kappa shape index (κ1) is 22.3. The number of thiazole rings is 1. The Labute approximate surface area is 180 Å². The topological polar surface area (TPSA) is 87.6 Å². The van der Waals surface area contributed by atoms with Gasteiger partial charge in [-0.1, -0.05) is 31.2 Å². The Bertz CT molecular complexity index is 922. The molecule has 1 aliphatic rings. The largest absolute Gasteiger partial charge is 0.391 e. The summed E-state index contributed by atoms with van der Waals surface area (Å²) < 4.78 is 0. The summed E-state index contributed by atoms with van der Waals surface area (Å²) >= 11 is 1.61. The molecule has 0 radical (unpaired) electrons. The van der Waals surface area contributed by atoms with E-state index in [2.05, 4.69) is 4.98 Å². The monoisotopic (exact) mass is 428 g/mol. The molecule has 2 aromatic rings. The molecular weight excluding hydrogens is 400 g/mol. The lowest BCUT2D eigenvalue weighted by molar-refractivity contribution is -0.141. The van der Waals surface area contributed by atoms with E-state index >= 15 is 0 Å². The van der Waals surface area contributed by atoms with E-state index in [0.29, 0.717) is 12.8 Å². The first-order chi connectivity index (χ1) is 14.3. The van der Waals surface area contributed by atoms with E-state index in [9.17, 15) is 19.5 Å². The predicted molar refractivity (Wildman–Crippen MR) is 116 cm³/mol. The maximum Gasteiger partial charge on any atom is 0.226 e. The van der Waals surface area contributed by atoms with Crippen molar-refractivity contribution in [2.75, 3.05) is 6.54 Å². The third-order valence-electron chi connectivity index (χ3n) is 5.57. The molecule has 6 nitrogen and oxygen atoms in total. The molecule has 1 saturated heterocycles. The molecule has 0 unspecified atom stereocenters. The van der Waals surface area contributed by atoms with Crippen molar-refractivity contribution in [3.05, 3.63) is 41.0 Å². The van der Waals surface area contributed by atoms with Crippen LogP contribution in [0.15, 0.2) is 29.8 Å². The summed E-state index contributed by atoms with van der Waals surface area (Å²) in [6.45, 7) is 5.29. The molecule has 1 aliphatic heterocycles. The number of β-amino-alcohol motifs (C(OH)–C–C–N with tert-alkyl or cyclic N) is 1. The van der Waals surface area contributed by atoms with E-state index in [1.165, 1.54) is 11.8 Å². The van der Waals surface area contributed by atoms with Crippen LogP contribution in [-0.2, 0) is 20.8 Å². The number of aryl methyl sites for hydroxylation is 2. The molecule has 0 saturated carbocycles. The van der Waals surface area contributed by atoms with E-state index in [1.807, 2.05) is 36.7 Å². The molecule has 1 N–H and O–H groups in total. The van der Waals surface area contributed by atoms with Gasteiger partial charge in [-0.15, -0.1) is 11.3 Å². The highest BCUT2D eigenvalue weighted by Gasteiger charge is 2.39. The molecule has 3 rings (SSSR count). The Hall–Kier alpha value is -2.38. The Kier molecular flexibility index (Phi) is 7.15. The van der Waals surface area contributed by atoms with Gasteiger partial charge in [-0.2, -0.15) is 0 Å². The Balaban J connectivity index is 1.61. The average molecular weight is 429 g/mol. The Morgan fingerprint density at radius 1 is 1.27 bits per heavy atom. The van der Waals surface area contributed by atoms with Crippen molar-refractivity contribution in [2.45, 2.75) is 58.6 Å². The SMILES string of the molecule is CC(=O)C[C@@H](C)C(=O)N1C[C@H](O)C[C@H]1C(=O)CCc1ccc(-c2scnc2C)cc1. The van der Waals surface area contributed by atoms with Crippen molar-refractivity contribution in [1.82, 2.24) is 9.88 Å². The van der Waals surface area contributed by atoms with Gasteiger partial charge in [0.1, 0.15) is 5.78 Å². The number of nitrogens with zero attached hydrogens (tertiary/aromatic N) is 2. The second kappa shape index (κ2) is 9.62. The molecule has 0 spiro atoms. The number of amides is 1. The lowest BCUT2D eigenvalue weighted by atomic mass is 9.99. The number of aliphatic hydroxyl groups is 1. The zero-order valence-corrected chi connectivity index (χ0v) is 18.4. The second-order valence-electron chi connectivity index (χ2n) is 8.13. The van der Waals surface area contributed by atoms with E-state index in [4.69, 9.17) is 0 Å². The lowest BCUT2D eigenvalue weighted by Gasteiger charge is -2.26. The van der Waals surface area contributed by atoms with E-state index in [0.717, 1.165) is 21.7 Å². The molecule has 7 heteroatoms. The van der Waals surface area contributed by atoms with Gasteiger partial charge in [-0.3, -0.25) is 9.59 Å². The van der Waals surface area contributed by atoms with Crippen LogP contribution in [0, 0.1) is 12.8 Å². The number of hydrogen-bond donors (Lipinski definition) is 1. The number of aliphatic hydroxyl groups excluding tert-OH is 1. The van der Waals surface area contributed by atoms with Gasteiger partial charge >= 0.3 is 0 Å². The molecule has 3 atom stereocenters. The number of ketones is 2. The molecule has 2 heterocycles. The average Bonchev–Trinajstić information content (AvgIpc) is 3.31. The zero-order valence-electron chi connectivity index (χ0n) is 17.6. The van der Waals surface area contributed by atoms with Gasteiger partial charge in [-0.25, -0.2) is 4.98 Å². The van der Waals surface area contributed by atoms with Crippen LogP contribution >= 0.6 is 11.3 Å². The van der Waals surface area contributed by atoms with Gasteiger partial charge in [0.05, 0.1) is 28.2 Å². The first-order valence-corrected chi connectivity index (χ1v) is 11.1. The molecule has 1 fully saturated rings. The summed E-state index contributed by atoms with van der Waals surface area (Å²) in [5.41, 5.74) is 5.00. The van der Waals surface area contributed by atoms with E-state index in [1.54, 1.807) is 18.3 Å². The summed E-state index contributed by atoms with van der Waals surface area (Å²) in [4.78, 5) is 43.8. The third-order valence-corrected chi connectivity index (χ3v) is 6.55. The van der Waals surface area contributed by atoms with Crippen LogP contribution in [0.4, 0.5) is 0 Å². The van der Waals surface area contributed by atoms with Crippen molar-refractivity contribution in [3.8, 4) is 10.4 Å². The van der Waals surface area contributed by atoms with Gasteiger partial charge in [0.25, 0.3) is 0 Å². The minimum Gasteiger partial charge on any atom is -0.391 e. The number of likely N-dealkylation sites (tertiary alicyclic amines) is 1. The summed E-state index contributed by atoms with van der Waals surface area (Å²) in [6.07, 6.45) is 0.604. The van der Waals surface area contributed by atoms with Crippen LogP contribution in [0.5, 0.6) is 0 Å². The van der Waals surface area contributed by atoms with Crippen LogP contribution in [-0.4, -0.2) is 51.2 Å². The summed E-state index contributed by atoms with van der Waals surface area (Å²) in [6, 6.07) is 7.50. The third kappa shape index (κ3) is 5.21. The number of carbonyl (C=O) groups is 3. The van der Waals surface area contributed by atoms with Crippen molar-refractivity contribution in [3.63, 3.8) is 0 Å². The van der Waals surface area contributed by atoms with Gasteiger partial charge in [0.2, 0.25) is 5.91 Å². The fourth-order valence-corrected chi connectivity index (χ4v) is 4.81. The lowest BCUT2D eigenvalue weighted by Crippen LogP contribution is -2.43. The number of hydrogen-bond acceptors (Lipinski definition) is 6. The summed E-state index contributed by atoms with van der Waals surface area (Å²) in [7, 11) is 0. The summed E-state index contributed by atoms with van der Waals surface area (Å²) in [5, 5.41) is 10.0. The summed E-state index contributed by atoms with van der Waals surface area (Å²) in [5.74, 6) is -0.817. The molecule has 0 aliphatic carbocycles. The fourth-order valence-electron chi connectivity index (χ4n) is 4.00. The highest BCUT2D eigenvalue weighted by Crippen LogP contribution is 2.28. The molecule has 1 aromatic carbocycles. The van der Waals surface area contributed by atoms with Crippen LogP contribution in [0.2, 0.25) is 0 Å². The quantitative estimate of drug-likeness (QED) is 0.698. The molecule has 1 aromatic heterocycles. The van der Waals surface area contributed by atoms with Crippen LogP contribution in [0.1, 0.15) is 44.4 Å². The van der Waals surface area contributed by atoms with Gasteiger partial charge in [0, 0.05) is 31.7 Å². The molecule has 1 amide bonds. The normalized spacial score (nSPS) is 19.7. The molecular formula is C23H28N2O4S. The zero-order chi connectivity index (χ0) is 21.8. The number of aromatic nitrogens is 1. The van der Waals surface area contributed by atoms with Crippen molar-refractivity contribution < 1.29 is 19.5 Å². The molecule has 30 heavy (non-hydrogen) atoms. The molecule has 0 bridgehead atoms. The van der Waals surface area contributed by atoms with Crippen molar-refractivity contribution in [1.29, 1.82) is 0 Å². The standard InChI is InChI=1S/C23H28N2O4S/c1-14(10-15(2)26)23(29)25-12-19(27)11-20(25)21(28)9-6-17-4-7-18(8-5-17)22-16(3)24-13-30-22/h4-5,7-8,13-14,19-20,27H,6,9-12H2,1-3H3/t14-,19-,20+/m1/s1. The first-order valence-electron chi connectivity index (χ1n) is 10.3. The predicted octanol–water partition coefficient (Wildman–Crippen LogP) is 3.20. The van der Waals surface area contributed by atoms with Crippen molar-refractivity contribution >= 4 is 28.8 Å². The van der Waals surface area contributed by atoms with Crippen molar-refractivity contribution in [2.24, 2.45) is 5.92 Å². The number of rotatable bonds is 8. The number of benzene rings is 1. The number of Topliss-reactive ketones (excluding diaryl/α,β-unsaturated/α-hetero) is 2. The minimum absolute atomic E-state index is 0.0442. The van der Waals surface area contributed by atoms with Gasteiger partial charge < -0.3 is 14.8 Å². The molecule has 160 valence electrons. The highest BCUT2D eigenvalue weighted by atomic mass is 32.1. The van der Waals surface area contributed by atoms with Gasteiger partial charge in [-0.05, 0) is 31.4 Å². The maximum absolute atomic E-state index is 12.8. The van der Waals surface area contributed by atoms with Crippen LogP contribution in [0.3, 0.4) is 0 Å². The number of carbonyl (C=O) groups excluding carboxylic acids is 3. The Morgan fingerprint density at radius 2 is 1.97 bits per heavy atom. The maximum atomic E-state index is 12.8. The fraction of sp³-hybridized carbons (Fsp3) is 0.478. The second-order valence-corrected chi connectivity index (χ2v) is 8.99.